The van der Waals surface area contributed by atoms with E-state index < -0.39 is 10.0 Å². The Kier molecular flexibility index (Phi) is 7.79. The van der Waals surface area contributed by atoms with Gasteiger partial charge in [-0.1, -0.05) is 29.8 Å². The minimum absolute atomic E-state index is 0.166. The summed E-state index contributed by atoms with van der Waals surface area (Å²) < 4.78 is 50.5. The number of hydrogen-bond donors (Lipinski definition) is 1. The first-order chi connectivity index (χ1) is 22.3. The molecule has 0 radical (unpaired) electrons. The molecule has 0 amide bonds. The van der Waals surface area contributed by atoms with E-state index in [0.29, 0.717) is 34.5 Å². The molecule has 1 saturated heterocycles. The molecule has 3 aromatic heterocycles. The summed E-state index contributed by atoms with van der Waals surface area (Å²) in [5.41, 5.74) is 6.10. The summed E-state index contributed by atoms with van der Waals surface area (Å²) >= 11 is 0. The molecule has 11 heteroatoms. The molecule has 0 aliphatic carbocycles. The van der Waals surface area contributed by atoms with E-state index in [-0.39, 0.29) is 10.7 Å². The first kappa shape index (κ1) is 29.7. The van der Waals surface area contributed by atoms with Gasteiger partial charge in [-0.25, -0.2) is 21.8 Å². The topological polar surface area (TPSA) is 94.3 Å². The summed E-state index contributed by atoms with van der Waals surface area (Å²) in [4.78, 5) is 7.21. The van der Waals surface area contributed by atoms with Crippen LogP contribution < -0.4 is 15.0 Å². The zero-order valence-corrected chi connectivity index (χ0v) is 26.3. The van der Waals surface area contributed by atoms with Crippen LogP contribution in [0.25, 0.3) is 33.3 Å². The van der Waals surface area contributed by atoms with Crippen LogP contribution in [0.3, 0.4) is 0 Å². The first-order valence-electron chi connectivity index (χ1n) is 15.0. The van der Waals surface area contributed by atoms with E-state index in [1.807, 2.05) is 37.4 Å². The van der Waals surface area contributed by atoms with Gasteiger partial charge in [0.2, 0.25) is 0 Å². The van der Waals surface area contributed by atoms with Crippen molar-refractivity contribution in [2.75, 3.05) is 38.2 Å². The number of methoxy groups -OCH3 is 1. The number of hydrogen-bond acceptors (Lipinski definition) is 7. The molecule has 0 atom stereocenters. The molecule has 0 bridgehead atoms. The predicted octanol–water partition coefficient (Wildman–Crippen LogP) is 5.72. The van der Waals surface area contributed by atoms with Gasteiger partial charge < -0.3 is 15.0 Å². The third kappa shape index (κ3) is 5.63. The highest BCUT2D eigenvalue weighted by Crippen LogP contribution is 2.38. The highest BCUT2D eigenvalue weighted by atomic mass is 32.2. The van der Waals surface area contributed by atoms with Gasteiger partial charge in [0.05, 0.1) is 24.7 Å². The summed E-state index contributed by atoms with van der Waals surface area (Å²) in [5, 5.41) is 8.54. The van der Waals surface area contributed by atoms with Crippen molar-refractivity contribution in [3.05, 3.63) is 115 Å². The van der Waals surface area contributed by atoms with E-state index in [1.165, 1.54) is 16.1 Å². The average molecular weight is 637 g/mol. The van der Waals surface area contributed by atoms with Crippen LogP contribution in [-0.2, 0) is 16.6 Å². The van der Waals surface area contributed by atoms with Crippen LogP contribution >= 0.6 is 0 Å². The average Bonchev–Trinajstić information content (AvgIpc) is 3.69. The van der Waals surface area contributed by atoms with Crippen LogP contribution in [0, 0.1) is 12.7 Å². The van der Waals surface area contributed by atoms with Crippen molar-refractivity contribution in [1.82, 2.24) is 24.1 Å². The molecular weight excluding hydrogens is 603 g/mol. The molecule has 7 rings (SSSR count). The fourth-order valence-corrected chi connectivity index (χ4v) is 7.24. The number of pyridine rings is 1. The van der Waals surface area contributed by atoms with Crippen molar-refractivity contribution in [1.29, 1.82) is 0 Å². The molecule has 1 N–H and O–H groups in total. The molecule has 1 aliphatic rings. The number of anilines is 1. The van der Waals surface area contributed by atoms with E-state index >= 15 is 0 Å². The van der Waals surface area contributed by atoms with Crippen LogP contribution in [0.4, 0.5) is 10.1 Å². The summed E-state index contributed by atoms with van der Waals surface area (Å²) in [6.45, 7) is 5.95. The van der Waals surface area contributed by atoms with Crippen LogP contribution in [0.2, 0.25) is 0 Å². The number of ether oxygens (including phenoxy) is 1. The number of aromatic nitrogens is 4. The Balaban J connectivity index is 1.34. The zero-order valence-electron chi connectivity index (χ0n) is 25.5. The van der Waals surface area contributed by atoms with Crippen LogP contribution in [0.15, 0.2) is 102 Å². The van der Waals surface area contributed by atoms with Crippen molar-refractivity contribution in [3.63, 3.8) is 0 Å². The van der Waals surface area contributed by atoms with Crippen LogP contribution in [-0.4, -0.2) is 60.4 Å². The monoisotopic (exact) mass is 636 g/mol. The third-order valence-corrected chi connectivity index (χ3v) is 10.0. The number of nitrogens with zero attached hydrogens (tertiary/aromatic N) is 5. The molecule has 0 unspecified atom stereocenters. The number of piperazine rings is 1. The van der Waals surface area contributed by atoms with Crippen LogP contribution in [0.5, 0.6) is 5.75 Å². The lowest BCUT2D eigenvalue weighted by atomic mass is 10.0. The van der Waals surface area contributed by atoms with Gasteiger partial charge in [-0.2, -0.15) is 5.10 Å². The number of rotatable bonds is 8. The molecule has 4 heterocycles. The predicted molar refractivity (Wildman–Crippen MR) is 177 cm³/mol. The van der Waals surface area contributed by atoms with Crippen molar-refractivity contribution in [3.8, 4) is 28.0 Å². The lowest BCUT2D eigenvalue weighted by Crippen LogP contribution is -2.43. The number of benzene rings is 3. The number of fused-ring (bicyclic) bond motifs is 1. The van der Waals surface area contributed by atoms with E-state index in [2.05, 4.69) is 21.4 Å². The highest BCUT2D eigenvalue weighted by molar-refractivity contribution is 7.90. The normalized spacial score (nSPS) is 13.8. The smallest absolute Gasteiger partial charge is 0.269 e. The van der Waals surface area contributed by atoms with Gasteiger partial charge in [-0.05, 0) is 55.0 Å². The molecule has 0 spiro atoms. The van der Waals surface area contributed by atoms with E-state index in [9.17, 15) is 12.8 Å². The summed E-state index contributed by atoms with van der Waals surface area (Å²) in [6, 6.07) is 21.2. The van der Waals surface area contributed by atoms with Gasteiger partial charge in [0.15, 0.2) is 5.65 Å². The van der Waals surface area contributed by atoms with E-state index in [4.69, 9.17) is 9.72 Å². The summed E-state index contributed by atoms with van der Waals surface area (Å²) in [5.74, 6) is 0.387. The number of nitrogens with one attached hydrogen (secondary N) is 1. The lowest BCUT2D eigenvalue weighted by molar-refractivity contribution is 0.416. The lowest BCUT2D eigenvalue weighted by Gasteiger charge is -2.30. The second-order valence-corrected chi connectivity index (χ2v) is 13.2. The van der Waals surface area contributed by atoms with E-state index in [1.54, 1.807) is 60.7 Å². The largest absolute Gasteiger partial charge is 0.496 e. The Labute approximate surface area is 266 Å². The molecule has 234 valence electrons. The number of halogens is 1. The quantitative estimate of drug-likeness (QED) is 0.229. The zero-order chi connectivity index (χ0) is 31.8. The fourth-order valence-electron chi connectivity index (χ4n) is 5.91. The van der Waals surface area contributed by atoms with Gasteiger partial charge in [0.25, 0.3) is 10.0 Å². The summed E-state index contributed by atoms with van der Waals surface area (Å²) in [6.07, 6.45) is 6.80. The Morgan fingerprint density at radius 1 is 0.913 bits per heavy atom. The van der Waals surface area contributed by atoms with Gasteiger partial charge >= 0.3 is 0 Å². The van der Waals surface area contributed by atoms with Gasteiger partial charge in [0.1, 0.15) is 11.6 Å². The Morgan fingerprint density at radius 2 is 1.72 bits per heavy atom. The minimum Gasteiger partial charge on any atom is -0.496 e. The molecule has 46 heavy (non-hydrogen) atoms. The second kappa shape index (κ2) is 12.1. The standard InChI is InChI=1S/C35H33FN6O3S/c1-24-6-9-30(10-7-24)46(43,44)42-23-33(27-20-39-41(22-27)21-25-4-3-5-28(36)16-25)32-17-26(19-38-35(32)42)31-11-8-29(18-34(31)45-2)40-14-12-37-13-15-40/h3-11,16-20,22-23,37H,12-15,21H2,1-2H3. The molecule has 3 aromatic carbocycles. The molecule has 1 fully saturated rings. The molecule has 1 aliphatic heterocycles. The molecular formula is C35H33FN6O3S. The fraction of sp³-hybridized carbons (Fsp3) is 0.200. The maximum atomic E-state index is 14.0. The van der Waals surface area contributed by atoms with Crippen molar-refractivity contribution in [2.24, 2.45) is 0 Å². The summed E-state index contributed by atoms with van der Waals surface area (Å²) in [7, 11) is -2.33. The van der Waals surface area contributed by atoms with Gasteiger partial charge in [0, 0.05) is 84.2 Å². The van der Waals surface area contributed by atoms with Gasteiger partial charge in [-0.15, -0.1) is 0 Å². The third-order valence-electron chi connectivity index (χ3n) is 8.35. The molecule has 6 aromatic rings. The first-order valence-corrected chi connectivity index (χ1v) is 16.5. The molecule has 0 saturated carbocycles. The molecule has 9 nitrogen and oxygen atoms in total. The minimum atomic E-state index is -3.97. The van der Waals surface area contributed by atoms with E-state index in [0.717, 1.165) is 54.1 Å². The van der Waals surface area contributed by atoms with Crippen molar-refractivity contribution in [2.45, 2.75) is 18.4 Å². The Hall–Kier alpha value is -5.00. The van der Waals surface area contributed by atoms with Crippen molar-refractivity contribution >= 4 is 26.7 Å². The highest BCUT2D eigenvalue weighted by Gasteiger charge is 2.24. The van der Waals surface area contributed by atoms with Gasteiger partial charge in [-0.3, -0.25) is 4.68 Å². The number of aryl methyl sites for hydroxylation is 1. The Morgan fingerprint density at radius 3 is 2.48 bits per heavy atom. The second-order valence-electron chi connectivity index (χ2n) is 11.4. The Bertz CT molecular complexity index is 2150. The SMILES string of the molecule is COc1cc(N2CCNCC2)ccc1-c1cnc2c(c1)c(-c1cnn(Cc3cccc(F)c3)c1)cn2S(=O)(=O)c1ccc(C)cc1. The van der Waals surface area contributed by atoms with Crippen LogP contribution in [0.1, 0.15) is 11.1 Å². The van der Waals surface area contributed by atoms with Crippen molar-refractivity contribution < 1.29 is 17.5 Å². The maximum Gasteiger partial charge on any atom is 0.269 e. The maximum absolute atomic E-state index is 14.0.